The van der Waals surface area contributed by atoms with Crippen LogP contribution in [-0.2, 0) is 9.47 Å². The maximum absolute atomic E-state index is 12.1. The number of rotatable bonds is 4. The van der Waals surface area contributed by atoms with E-state index in [9.17, 15) is 25.2 Å². The van der Waals surface area contributed by atoms with Gasteiger partial charge in [-0.1, -0.05) is 0 Å². The van der Waals surface area contributed by atoms with Gasteiger partial charge in [0.25, 0.3) is 0 Å². The van der Waals surface area contributed by atoms with E-state index in [1.807, 2.05) is 0 Å². The van der Waals surface area contributed by atoms with Gasteiger partial charge in [-0.25, -0.2) is 0 Å². The minimum atomic E-state index is -1.47. The Kier molecular flexibility index (Phi) is 5.41. The number of hydrogen-bond donors (Lipinski definition) is 4. The van der Waals surface area contributed by atoms with Crippen molar-refractivity contribution in [2.75, 3.05) is 13.7 Å². The van der Waals surface area contributed by atoms with E-state index in [0.29, 0.717) is 5.76 Å². The monoisotopic (exact) mass is 382 g/mol. The lowest BCUT2D eigenvalue weighted by Crippen LogP contribution is -2.60. The van der Waals surface area contributed by atoms with Gasteiger partial charge in [-0.05, 0) is 13.8 Å². The molecule has 1 saturated heterocycles. The van der Waals surface area contributed by atoms with Crippen LogP contribution in [0.2, 0.25) is 0 Å². The van der Waals surface area contributed by atoms with Gasteiger partial charge in [-0.2, -0.15) is 0 Å². The Morgan fingerprint density at radius 3 is 2.52 bits per heavy atom. The number of benzene rings is 1. The second-order valence-corrected chi connectivity index (χ2v) is 6.47. The third kappa shape index (κ3) is 3.40. The van der Waals surface area contributed by atoms with Crippen LogP contribution in [0.3, 0.4) is 0 Å². The standard InChI is InChI=1S/C18H22O9/c1-7-4-9(20)13-11(25-7)5-10(8(2)14(13)21)26-18-16(23)15(22)17(24-3)12(6-19)27-18/h4-5,12,15-19,21-23H,6H2,1-3H3/t12-,15-,16-,17-,18-/m1/s1. The van der Waals surface area contributed by atoms with Crippen LogP contribution in [-0.4, -0.2) is 64.8 Å². The molecular weight excluding hydrogens is 360 g/mol. The smallest absolute Gasteiger partial charge is 0.229 e. The number of ether oxygens (including phenoxy) is 3. The molecule has 3 rings (SSSR count). The van der Waals surface area contributed by atoms with Crippen molar-refractivity contribution in [1.82, 2.24) is 0 Å². The van der Waals surface area contributed by atoms with Gasteiger partial charge in [0.2, 0.25) is 6.29 Å². The van der Waals surface area contributed by atoms with Gasteiger partial charge in [0.15, 0.2) is 5.43 Å². The third-order valence-electron chi connectivity index (χ3n) is 4.66. The number of methoxy groups -OCH3 is 1. The lowest BCUT2D eigenvalue weighted by Gasteiger charge is -2.41. The maximum Gasteiger partial charge on any atom is 0.229 e. The normalized spacial score (nSPS) is 28.4. The zero-order valence-electron chi connectivity index (χ0n) is 15.1. The Bertz CT molecular complexity index is 889. The summed E-state index contributed by atoms with van der Waals surface area (Å²) in [6.45, 7) is 2.66. The number of phenolic OH excluding ortho intramolecular Hbond substituents is 1. The molecule has 1 fully saturated rings. The highest BCUT2D eigenvalue weighted by atomic mass is 16.7. The van der Waals surface area contributed by atoms with E-state index in [2.05, 4.69) is 0 Å². The van der Waals surface area contributed by atoms with Crippen molar-refractivity contribution in [1.29, 1.82) is 0 Å². The molecule has 9 nitrogen and oxygen atoms in total. The lowest BCUT2D eigenvalue weighted by molar-refractivity contribution is -0.281. The van der Waals surface area contributed by atoms with Crippen LogP contribution < -0.4 is 10.2 Å². The van der Waals surface area contributed by atoms with Crippen molar-refractivity contribution in [2.24, 2.45) is 0 Å². The number of aliphatic hydroxyl groups is 3. The first kappa shape index (κ1) is 19.6. The van der Waals surface area contributed by atoms with Crippen molar-refractivity contribution in [3.8, 4) is 11.5 Å². The van der Waals surface area contributed by atoms with Crippen LogP contribution in [0.4, 0.5) is 0 Å². The SMILES string of the molecule is CO[C@H]1[C@H](O)[C@@H](O)[C@H](Oc2cc3oc(C)cc(=O)c3c(O)c2C)O[C@@H]1CO. The molecule has 0 amide bonds. The summed E-state index contributed by atoms with van der Waals surface area (Å²) in [6.07, 6.45) is -6.03. The van der Waals surface area contributed by atoms with Crippen LogP contribution in [0.5, 0.6) is 11.5 Å². The lowest BCUT2D eigenvalue weighted by atomic mass is 9.99. The van der Waals surface area contributed by atoms with E-state index >= 15 is 0 Å². The number of aryl methyl sites for hydroxylation is 1. The summed E-state index contributed by atoms with van der Waals surface area (Å²) >= 11 is 0. The second-order valence-electron chi connectivity index (χ2n) is 6.47. The van der Waals surface area contributed by atoms with Gasteiger partial charge in [0, 0.05) is 24.8 Å². The van der Waals surface area contributed by atoms with Crippen molar-refractivity contribution in [3.05, 3.63) is 33.7 Å². The summed E-state index contributed by atoms with van der Waals surface area (Å²) in [5, 5.41) is 40.3. The molecule has 1 aromatic heterocycles. The minimum absolute atomic E-state index is 0.0169. The number of fused-ring (bicyclic) bond motifs is 1. The summed E-state index contributed by atoms with van der Waals surface area (Å²) in [7, 11) is 1.32. The second kappa shape index (κ2) is 7.45. The Hall–Kier alpha value is -2.17. The van der Waals surface area contributed by atoms with Crippen molar-refractivity contribution >= 4 is 11.0 Å². The predicted octanol–water partition coefficient (Wildman–Crippen LogP) is -0.0518. The fourth-order valence-corrected chi connectivity index (χ4v) is 3.19. The maximum atomic E-state index is 12.1. The van der Waals surface area contributed by atoms with Gasteiger partial charge in [0.05, 0.1) is 6.61 Å². The first-order chi connectivity index (χ1) is 12.8. The van der Waals surface area contributed by atoms with Gasteiger partial charge in [-0.3, -0.25) is 4.79 Å². The highest BCUT2D eigenvalue weighted by Gasteiger charge is 2.46. The topological polar surface area (TPSA) is 139 Å². The van der Waals surface area contributed by atoms with E-state index in [-0.39, 0.29) is 28.0 Å². The quantitative estimate of drug-likeness (QED) is 0.573. The largest absolute Gasteiger partial charge is 0.507 e. The molecule has 148 valence electrons. The average molecular weight is 382 g/mol. The predicted molar refractivity (Wildman–Crippen MR) is 92.8 cm³/mol. The summed E-state index contributed by atoms with van der Waals surface area (Å²) in [5.41, 5.74) is -0.0515. The van der Waals surface area contributed by atoms with Crippen LogP contribution in [0.1, 0.15) is 11.3 Å². The number of aliphatic hydroxyl groups excluding tert-OH is 3. The highest BCUT2D eigenvalue weighted by Crippen LogP contribution is 2.36. The van der Waals surface area contributed by atoms with Crippen molar-refractivity contribution in [3.63, 3.8) is 0 Å². The molecular formula is C18H22O9. The zero-order valence-corrected chi connectivity index (χ0v) is 15.1. The molecule has 0 aliphatic carbocycles. The molecule has 1 aliphatic rings. The summed E-state index contributed by atoms with van der Waals surface area (Å²) in [4.78, 5) is 12.1. The molecule has 4 N–H and O–H groups in total. The minimum Gasteiger partial charge on any atom is -0.507 e. The summed E-state index contributed by atoms with van der Waals surface area (Å²) in [6, 6.07) is 2.67. The molecule has 0 bridgehead atoms. The van der Waals surface area contributed by atoms with E-state index in [4.69, 9.17) is 18.6 Å². The molecule has 2 aromatic rings. The molecule has 0 spiro atoms. The van der Waals surface area contributed by atoms with Crippen molar-refractivity contribution in [2.45, 2.75) is 44.6 Å². The van der Waals surface area contributed by atoms with Gasteiger partial charge in [-0.15, -0.1) is 0 Å². The van der Waals surface area contributed by atoms with E-state index in [0.717, 1.165) is 0 Å². The van der Waals surface area contributed by atoms with Crippen LogP contribution in [0, 0.1) is 13.8 Å². The first-order valence-corrected chi connectivity index (χ1v) is 8.37. The van der Waals surface area contributed by atoms with Crippen molar-refractivity contribution < 1.29 is 39.1 Å². The molecule has 1 aliphatic heterocycles. The zero-order chi connectivity index (χ0) is 19.9. The molecule has 1 aromatic carbocycles. The fourth-order valence-electron chi connectivity index (χ4n) is 3.19. The summed E-state index contributed by atoms with van der Waals surface area (Å²) in [5.74, 6) is 0.141. The Morgan fingerprint density at radius 1 is 1.19 bits per heavy atom. The van der Waals surface area contributed by atoms with Crippen LogP contribution in [0.15, 0.2) is 21.3 Å². The Balaban J connectivity index is 1.99. The Morgan fingerprint density at radius 2 is 1.89 bits per heavy atom. The van der Waals surface area contributed by atoms with Gasteiger partial charge in [0.1, 0.15) is 52.6 Å². The molecule has 0 radical (unpaired) electrons. The van der Waals surface area contributed by atoms with Crippen LogP contribution in [0.25, 0.3) is 11.0 Å². The molecule has 0 saturated carbocycles. The van der Waals surface area contributed by atoms with Crippen LogP contribution >= 0.6 is 0 Å². The van der Waals surface area contributed by atoms with E-state index in [1.165, 1.54) is 26.2 Å². The number of phenols is 1. The number of hydrogen-bond acceptors (Lipinski definition) is 9. The van der Waals surface area contributed by atoms with Gasteiger partial charge >= 0.3 is 0 Å². The van der Waals surface area contributed by atoms with E-state index < -0.39 is 42.7 Å². The fraction of sp³-hybridized carbons (Fsp3) is 0.500. The third-order valence-corrected chi connectivity index (χ3v) is 4.66. The van der Waals surface area contributed by atoms with E-state index in [1.54, 1.807) is 6.92 Å². The molecule has 0 unspecified atom stereocenters. The first-order valence-electron chi connectivity index (χ1n) is 8.37. The molecule has 5 atom stereocenters. The Labute approximate surface area is 154 Å². The molecule has 2 heterocycles. The number of aromatic hydroxyl groups is 1. The average Bonchev–Trinajstić information content (AvgIpc) is 2.62. The molecule has 9 heteroatoms. The van der Waals surface area contributed by atoms with Gasteiger partial charge < -0.3 is 39.1 Å². The molecule has 27 heavy (non-hydrogen) atoms. The highest BCUT2D eigenvalue weighted by molar-refractivity contribution is 5.86. The summed E-state index contributed by atoms with van der Waals surface area (Å²) < 4.78 is 21.7.